The van der Waals surface area contributed by atoms with Crippen molar-refractivity contribution in [3.63, 3.8) is 0 Å². The Balaban J connectivity index is 1.87. The van der Waals surface area contributed by atoms with Crippen molar-refractivity contribution in [3.8, 4) is 0 Å². The Morgan fingerprint density at radius 2 is 1.88 bits per heavy atom. The molecule has 2 aromatic rings. The molecule has 7 nitrogen and oxygen atoms in total. The Labute approximate surface area is 194 Å². The summed E-state index contributed by atoms with van der Waals surface area (Å²) in [5.41, 5.74) is 0.526. The van der Waals surface area contributed by atoms with Crippen LogP contribution in [0.25, 0.3) is 0 Å². The number of aryl methyl sites for hydroxylation is 1. The zero-order chi connectivity index (χ0) is 24.7. The third-order valence-corrected chi connectivity index (χ3v) is 5.20. The van der Waals surface area contributed by atoms with Gasteiger partial charge in [0.2, 0.25) is 0 Å². The fourth-order valence-corrected chi connectivity index (χ4v) is 3.48. The van der Waals surface area contributed by atoms with Gasteiger partial charge in [0.25, 0.3) is 0 Å². The van der Waals surface area contributed by atoms with E-state index in [0.29, 0.717) is 6.29 Å². The number of hydrogen-bond donors (Lipinski definition) is 1. The Bertz CT molecular complexity index is 1130. The van der Waals surface area contributed by atoms with E-state index in [1.807, 2.05) is 6.07 Å². The number of carbonyl (C=O) groups excluding carboxylic acids is 3. The van der Waals surface area contributed by atoms with E-state index in [1.54, 1.807) is 24.3 Å². The van der Waals surface area contributed by atoms with E-state index in [-0.39, 0.29) is 48.6 Å². The molecule has 178 valence electrons. The lowest BCUT2D eigenvalue weighted by atomic mass is 9.95. The molecule has 1 N–H and O–H groups in total. The number of carbonyl (C=O) groups is 3. The lowest BCUT2D eigenvalue weighted by molar-refractivity contribution is -0.138. The fraction of sp³-hybridized carbons (Fsp3) is 0.240. The molecule has 0 radical (unpaired) electrons. The highest BCUT2D eigenvalue weighted by molar-refractivity contribution is 5.99. The van der Waals surface area contributed by atoms with Gasteiger partial charge < -0.3 is 24.3 Å². The van der Waals surface area contributed by atoms with Crippen LogP contribution in [-0.4, -0.2) is 47.8 Å². The number of esters is 1. The third-order valence-electron chi connectivity index (χ3n) is 5.20. The second-order valence-corrected chi connectivity index (χ2v) is 7.44. The van der Waals surface area contributed by atoms with E-state index in [1.165, 1.54) is 12.3 Å². The lowest BCUT2D eigenvalue weighted by Crippen LogP contribution is -2.38. The Morgan fingerprint density at radius 3 is 2.53 bits per heavy atom. The second kappa shape index (κ2) is 11.3. The zero-order valence-corrected chi connectivity index (χ0v) is 18.4. The Hall–Kier alpha value is -3.85. The number of ether oxygens (including phenoxy) is 2. The van der Waals surface area contributed by atoms with Gasteiger partial charge >= 0.3 is 5.97 Å². The maximum absolute atomic E-state index is 13.9. The molecule has 0 aliphatic carbocycles. The number of halogens is 2. The summed E-state index contributed by atoms with van der Waals surface area (Å²) in [6, 6.07) is 12.0. The molecule has 1 aliphatic rings. The first kappa shape index (κ1) is 24.8. The standard InChI is InChI=1S/C25H23F2NO6/c1-33-25(32)22-24(34-15-16-5-3-2-4-6-16)23(31)19(14-28(22)11-12-29)21(30)10-8-17-7-9-18(26)13-20(17)27/h2-7,9,12-14,23,31H,8,10-11,15H2,1H3. The van der Waals surface area contributed by atoms with Crippen molar-refractivity contribution in [3.05, 3.63) is 94.5 Å². The van der Waals surface area contributed by atoms with Crippen molar-refractivity contribution in [2.45, 2.75) is 25.6 Å². The van der Waals surface area contributed by atoms with E-state index in [2.05, 4.69) is 0 Å². The highest BCUT2D eigenvalue weighted by atomic mass is 19.1. The van der Waals surface area contributed by atoms with Crippen LogP contribution in [0.5, 0.6) is 0 Å². The number of Topliss-reactive ketones (excluding diaryl/α,β-unsaturated/α-hetero) is 1. The molecule has 34 heavy (non-hydrogen) atoms. The molecular weight excluding hydrogens is 448 g/mol. The predicted octanol–water partition coefficient (Wildman–Crippen LogP) is 2.83. The molecule has 3 rings (SSSR count). The summed E-state index contributed by atoms with van der Waals surface area (Å²) < 4.78 is 37.6. The molecule has 0 amide bonds. The van der Waals surface area contributed by atoms with E-state index < -0.39 is 29.5 Å². The van der Waals surface area contributed by atoms with E-state index in [0.717, 1.165) is 29.7 Å². The number of ketones is 1. The third kappa shape index (κ3) is 5.74. The Kier molecular flexibility index (Phi) is 8.26. The number of methoxy groups -OCH3 is 1. The minimum absolute atomic E-state index is 0.0229. The van der Waals surface area contributed by atoms with Gasteiger partial charge in [0, 0.05) is 24.3 Å². The van der Waals surface area contributed by atoms with Gasteiger partial charge in [-0.3, -0.25) is 4.79 Å². The van der Waals surface area contributed by atoms with Crippen molar-refractivity contribution in [2.24, 2.45) is 0 Å². The van der Waals surface area contributed by atoms with Gasteiger partial charge in [-0.25, -0.2) is 13.6 Å². The largest absolute Gasteiger partial charge is 0.488 e. The number of rotatable bonds is 10. The van der Waals surface area contributed by atoms with Crippen LogP contribution in [0, 0.1) is 11.6 Å². The second-order valence-electron chi connectivity index (χ2n) is 7.44. The van der Waals surface area contributed by atoms with Gasteiger partial charge in [0.05, 0.1) is 13.7 Å². The van der Waals surface area contributed by atoms with Crippen molar-refractivity contribution in [1.82, 2.24) is 4.90 Å². The van der Waals surface area contributed by atoms with Crippen LogP contribution in [0.4, 0.5) is 8.78 Å². The molecule has 0 saturated heterocycles. The molecule has 0 saturated carbocycles. The van der Waals surface area contributed by atoms with Gasteiger partial charge in [-0.2, -0.15) is 0 Å². The molecule has 2 aromatic carbocycles. The van der Waals surface area contributed by atoms with Crippen LogP contribution in [0.1, 0.15) is 17.5 Å². The van der Waals surface area contributed by atoms with Crippen molar-refractivity contribution < 1.29 is 37.7 Å². The number of aldehydes is 1. The average molecular weight is 471 g/mol. The maximum atomic E-state index is 13.9. The topological polar surface area (TPSA) is 93.1 Å². The summed E-state index contributed by atoms with van der Waals surface area (Å²) in [4.78, 5) is 37.8. The molecule has 1 heterocycles. The number of nitrogens with zero attached hydrogens (tertiary/aromatic N) is 1. The SMILES string of the molecule is COC(=O)C1=C(OCc2ccccc2)C(O)C(C(=O)CCc2ccc(F)cc2F)=CN1CC=O. The van der Waals surface area contributed by atoms with Gasteiger partial charge in [0.15, 0.2) is 17.2 Å². The molecule has 0 spiro atoms. The minimum Gasteiger partial charge on any atom is -0.488 e. The van der Waals surface area contributed by atoms with Crippen molar-refractivity contribution in [1.29, 1.82) is 0 Å². The highest BCUT2D eigenvalue weighted by Gasteiger charge is 2.37. The monoisotopic (exact) mass is 471 g/mol. The summed E-state index contributed by atoms with van der Waals surface area (Å²) in [5.74, 6) is -3.18. The van der Waals surface area contributed by atoms with Gasteiger partial charge in [-0.1, -0.05) is 36.4 Å². The van der Waals surface area contributed by atoms with Crippen LogP contribution in [-0.2, 0) is 36.9 Å². The number of aliphatic hydroxyl groups excluding tert-OH is 1. The van der Waals surface area contributed by atoms with Crippen LogP contribution in [0.15, 0.2) is 71.8 Å². The zero-order valence-electron chi connectivity index (χ0n) is 18.4. The molecule has 1 atom stereocenters. The minimum atomic E-state index is -1.62. The van der Waals surface area contributed by atoms with Gasteiger partial charge in [-0.15, -0.1) is 0 Å². The van der Waals surface area contributed by atoms with Crippen molar-refractivity contribution >= 4 is 18.0 Å². The molecule has 1 unspecified atom stereocenters. The molecule has 0 bridgehead atoms. The number of aliphatic hydroxyl groups is 1. The number of hydrogen-bond acceptors (Lipinski definition) is 7. The van der Waals surface area contributed by atoms with E-state index in [9.17, 15) is 28.3 Å². The summed E-state index contributed by atoms with van der Waals surface area (Å²) >= 11 is 0. The molecule has 9 heteroatoms. The average Bonchev–Trinajstić information content (AvgIpc) is 2.83. The van der Waals surface area contributed by atoms with E-state index >= 15 is 0 Å². The highest BCUT2D eigenvalue weighted by Crippen LogP contribution is 2.30. The first-order chi connectivity index (χ1) is 16.3. The summed E-state index contributed by atoms with van der Waals surface area (Å²) in [6.07, 6.45) is -0.172. The van der Waals surface area contributed by atoms with E-state index in [4.69, 9.17) is 9.47 Å². The first-order valence-electron chi connectivity index (χ1n) is 10.4. The summed E-state index contributed by atoms with van der Waals surface area (Å²) in [5, 5.41) is 10.9. The number of benzene rings is 2. The smallest absolute Gasteiger partial charge is 0.358 e. The maximum Gasteiger partial charge on any atom is 0.358 e. The quantitative estimate of drug-likeness (QED) is 0.421. The fourth-order valence-electron chi connectivity index (χ4n) is 3.48. The molecule has 1 aliphatic heterocycles. The molecular formula is C25H23F2NO6. The van der Waals surface area contributed by atoms with Gasteiger partial charge in [0.1, 0.15) is 30.6 Å². The van der Waals surface area contributed by atoms with Crippen molar-refractivity contribution in [2.75, 3.05) is 13.7 Å². The van der Waals surface area contributed by atoms with Crippen LogP contribution < -0.4 is 0 Å². The predicted molar refractivity (Wildman–Crippen MR) is 117 cm³/mol. The van der Waals surface area contributed by atoms with Gasteiger partial charge in [-0.05, 0) is 23.6 Å². The van der Waals surface area contributed by atoms with Crippen LogP contribution in [0.3, 0.4) is 0 Å². The summed E-state index contributed by atoms with van der Waals surface area (Å²) in [6.45, 7) is -0.330. The summed E-state index contributed by atoms with van der Waals surface area (Å²) in [7, 11) is 1.14. The molecule has 0 fully saturated rings. The first-order valence-corrected chi connectivity index (χ1v) is 10.4. The lowest BCUT2D eigenvalue weighted by Gasteiger charge is -2.31. The van der Waals surface area contributed by atoms with Crippen LogP contribution >= 0.6 is 0 Å². The molecule has 0 aromatic heterocycles. The normalized spacial score (nSPS) is 15.6. The van der Waals surface area contributed by atoms with Crippen LogP contribution in [0.2, 0.25) is 0 Å². The Morgan fingerprint density at radius 1 is 1.15 bits per heavy atom.